The van der Waals surface area contributed by atoms with Gasteiger partial charge in [-0.3, -0.25) is 24.6 Å². The molecule has 0 radical (unpaired) electrons. The smallest absolute Gasteiger partial charge is 0.295 e. The second-order valence-electron chi connectivity index (χ2n) is 8.31. The molecule has 34 heavy (non-hydrogen) atoms. The monoisotopic (exact) mass is 469 g/mol. The van der Waals surface area contributed by atoms with E-state index in [1.807, 2.05) is 35.4 Å². The maximum absolute atomic E-state index is 13.5. The predicted molar refractivity (Wildman–Crippen MR) is 127 cm³/mol. The first-order valence-electron chi connectivity index (χ1n) is 11.2. The fraction of sp³-hybridized carbons (Fsp3) is 0.375. The van der Waals surface area contributed by atoms with Crippen molar-refractivity contribution in [2.45, 2.75) is 13.0 Å². The molecule has 1 fully saturated rings. The molecule has 10 heteroatoms. The number of nitrogens with zero attached hydrogens (tertiary/aromatic N) is 5. The van der Waals surface area contributed by atoms with Crippen LogP contribution in [0.15, 0.2) is 48.7 Å². The van der Waals surface area contributed by atoms with Gasteiger partial charge in [-0.05, 0) is 31.2 Å². The van der Waals surface area contributed by atoms with Gasteiger partial charge < -0.3 is 9.47 Å². The van der Waals surface area contributed by atoms with Crippen LogP contribution in [0, 0.1) is 15.9 Å². The van der Waals surface area contributed by atoms with Crippen LogP contribution in [0.5, 0.6) is 0 Å². The summed E-state index contributed by atoms with van der Waals surface area (Å²) in [7, 11) is 3.06. The second kappa shape index (κ2) is 10.2. The number of anilines is 1. The largest absolute Gasteiger partial charge is 0.363 e. The molecule has 0 saturated carbocycles. The minimum atomic E-state index is -0.606. The molecule has 0 atom stereocenters. The highest BCUT2D eigenvalue weighted by Gasteiger charge is 2.24. The Labute approximate surface area is 197 Å². The van der Waals surface area contributed by atoms with E-state index in [4.69, 9.17) is 4.84 Å². The number of carbonyl (C=O) groups is 1. The molecule has 1 aliphatic heterocycles. The fourth-order valence-corrected chi connectivity index (χ4v) is 4.44. The zero-order chi connectivity index (χ0) is 24.2. The average Bonchev–Trinajstić information content (AvgIpc) is 3.22. The summed E-state index contributed by atoms with van der Waals surface area (Å²) in [6, 6.07) is 11.6. The number of benzene rings is 2. The van der Waals surface area contributed by atoms with Gasteiger partial charge in [0, 0.05) is 56.9 Å². The van der Waals surface area contributed by atoms with Crippen molar-refractivity contribution in [2.24, 2.45) is 0 Å². The number of hydrogen-bond acceptors (Lipinski definition) is 6. The number of amides is 1. The molecule has 3 aromatic rings. The van der Waals surface area contributed by atoms with Gasteiger partial charge in [0.15, 0.2) is 0 Å². The topological polar surface area (TPSA) is 84.1 Å². The van der Waals surface area contributed by atoms with Gasteiger partial charge in [0.1, 0.15) is 11.5 Å². The Morgan fingerprint density at radius 1 is 1.15 bits per heavy atom. The summed E-state index contributed by atoms with van der Waals surface area (Å²) < 4.78 is 15.6. The molecule has 0 N–H and O–H groups in total. The van der Waals surface area contributed by atoms with E-state index in [1.165, 1.54) is 24.3 Å². The van der Waals surface area contributed by atoms with E-state index in [0.29, 0.717) is 24.3 Å². The predicted octanol–water partition coefficient (Wildman–Crippen LogP) is 3.53. The van der Waals surface area contributed by atoms with E-state index in [9.17, 15) is 19.3 Å². The van der Waals surface area contributed by atoms with Gasteiger partial charge in [-0.25, -0.2) is 9.45 Å². The quantitative estimate of drug-likeness (QED) is 0.371. The Bertz CT molecular complexity index is 1190. The van der Waals surface area contributed by atoms with Crippen LogP contribution in [-0.4, -0.2) is 72.2 Å². The minimum Gasteiger partial charge on any atom is -0.363 e. The third kappa shape index (κ3) is 4.87. The van der Waals surface area contributed by atoms with E-state index in [1.54, 1.807) is 7.05 Å². The first-order valence-corrected chi connectivity index (χ1v) is 11.2. The number of rotatable bonds is 8. The number of aryl methyl sites for hydroxylation is 1. The summed E-state index contributed by atoms with van der Waals surface area (Å²) in [5.74, 6) is -0.797. The van der Waals surface area contributed by atoms with E-state index < -0.39 is 10.7 Å². The van der Waals surface area contributed by atoms with Gasteiger partial charge in [-0.15, -0.1) is 0 Å². The molecule has 1 aromatic heterocycles. The minimum absolute atomic E-state index is 0.191. The first kappa shape index (κ1) is 23.7. The molecular weight excluding hydrogens is 441 g/mol. The molecule has 9 nitrogen and oxygen atoms in total. The van der Waals surface area contributed by atoms with Crippen molar-refractivity contribution in [1.29, 1.82) is 0 Å². The number of piperazine rings is 1. The molecule has 4 rings (SSSR count). The maximum atomic E-state index is 13.5. The maximum Gasteiger partial charge on any atom is 0.295 e. The van der Waals surface area contributed by atoms with Gasteiger partial charge >= 0.3 is 0 Å². The van der Waals surface area contributed by atoms with Crippen LogP contribution in [0.4, 0.5) is 15.8 Å². The molecule has 180 valence electrons. The van der Waals surface area contributed by atoms with Gasteiger partial charge in [-0.1, -0.05) is 18.2 Å². The molecule has 0 spiro atoms. The van der Waals surface area contributed by atoms with Gasteiger partial charge in [0.25, 0.3) is 11.6 Å². The van der Waals surface area contributed by atoms with Gasteiger partial charge in [0.05, 0.1) is 23.7 Å². The standard InChI is InChI=1S/C24H28FN5O4/c1-26(34-2)24(31)20-17-29(21-7-4-3-6-19(20)21)11-5-10-27-12-14-28(15-13-27)22-9-8-18(25)16-23(22)30(32)33/h3-4,6-9,16-17H,5,10-15H2,1-2H3. The molecular formula is C24H28FN5O4. The van der Waals surface area contributed by atoms with E-state index in [-0.39, 0.29) is 11.6 Å². The van der Waals surface area contributed by atoms with E-state index >= 15 is 0 Å². The normalized spacial score (nSPS) is 14.5. The highest BCUT2D eigenvalue weighted by atomic mass is 19.1. The highest BCUT2D eigenvalue weighted by Crippen LogP contribution is 2.29. The molecule has 0 aliphatic carbocycles. The van der Waals surface area contributed by atoms with Crippen LogP contribution < -0.4 is 4.90 Å². The number of hydroxylamine groups is 2. The average molecular weight is 470 g/mol. The zero-order valence-corrected chi connectivity index (χ0v) is 19.3. The van der Waals surface area contributed by atoms with Crippen LogP contribution in [-0.2, 0) is 11.4 Å². The SMILES string of the molecule is CON(C)C(=O)c1cn(CCCN2CCN(c3ccc(F)cc3[N+](=O)[O-])CC2)c2ccccc12. The highest BCUT2D eigenvalue weighted by molar-refractivity contribution is 6.06. The van der Waals surface area contributed by atoms with Crippen LogP contribution in [0.1, 0.15) is 16.8 Å². The molecule has 2 heterocycles. The number of carbonyl (C=O) groups excluding carboxylic acids is 1. The Morgan fingerprint density at radius 2 is 1.88 bits per heavy atom. The Balaban J connectivity index is 1.36. The van der Waals surface area contributed by atoms with E-state index in [2.05, 4.69) is 9.47 Å². The Hall–Kier alpha value is -3.50. The summed E-state index contributed by atoms with van der Waals surface area (Å²) in [6.45, 7) is 4.44. The zero-order valence-electron chi connectivity index (χ0n) is 19.3. The lowest BCUT2D eigenvalue weighted by Crippen LogP contribution is -2.46. The van der Waals surface area contributed by atoms with Crippen LogP contribution in [0.25, 0.3) is 10.9 Å². The van der Waals surface area contributed by atoms with Crippen molar-refractivity contribution in [1.82, 2.24) is 14.5 Å². The van der Waals surface area contributed by atoms with Crippen LogP contribution >= 0.6 is 0 Å². The number of halogens is 1. The number of aromatic nitrogens is 1. The summed E-state index contributed by atoms with van der Waals surface area (Å²) >= 11 is 0. The van der Waals surface area contributed by atoms with Crippen LogP contribution in [0.3, 0.4) is 0 Å². The van der Waals surface area contributed by atoms with Crippen molar-refractivity contribution in [3.8, 4) is 0 Å². The third-order valence-electron chi connectivity index (χ3n) is 6.30. The van der Waals surface area contributed by atoms with Gasteiger partial charge in [0.2, 0.25) is 0 Å². The van der Waals surface area contributed by atoms with Crippen molar-refractivity contribution in [3.63, 3.8) is 0 Å². The van der Waals surface area contributed by atoms with Crippen molar-refractivity contribution in [2.75, 3.05) is 51.8 Å². The van der Waals surface area contributed by atoms with Crippen molar-refractivity contribution >= 4 is 28.2 Å². The number of para-hydroxylation sites is 1. The lowest BCUT2D eigenvalue weighted by atomic mass is 10.1. The van der Waals surface area contributed by atoms with Crippen molar-refractivity contribution in [3.05, 3.63) is 70.2 Å². The van der Waals surface area contributed by atoms with Crippen molar-refractivity contribution < 1.29 is 18.9 Å². The number of fused-ring (bicyclic) bond motifs is 1. The number of hydrogen-bond donors (Lipinski definition) is 0. The van der Waals surface area contributed by atoms with E-state index in [0.717, 1.165) is 49.6 Å². The fourth-order valence-electron chi connectivity index (χ4n) is 4.44. The lowest BCUT2D eigenvalue weighted by molar-refractivity contribution is -0.384. The molecule has 1 saturated heterocycles. The molecule has 1 aliphatic rings. The first-order chi connectivity index (χ1) is 16.4. The van der Waals surface area contributed by atoms with Crippen LogP contribution in [0.2, 0.25) is 0 Å². The molecule has 1 amide bonds. The summed E-state index contributed by atoms with van der Waals surface area (Å²) in [4.78, 5) is 32.8. The van der Waals surface area contributed by atoms with Gasteiger partial charge in [-0.2, -0.15) is 0 Å². The summed E-state index contributed by atoms with van der Waals surface area (Å²) in [5.41, 5.74) is 1.87. The third-order valence-corrected chi connectivity index (χ3v) is 6.30. The summed E-state index contributed by atoms with van der Waals surface area (Å²) in [6.07, 6.45) is 2.78. The second-order valence-corrected chi connectivity index (χ2v) is 8.31. The molecule has 0 unspecified atom stereocenters. The Morgan fingerprint density at radius 3 is 2.59 bits per heavy atom. The lowest BCUT2D eigenvalue weighted by Gasteiger charge is -2.35. The summed E-state index contributed by atoms with van der Waals surface area (Å²) in [5, 5.41) is 13.4. The number of nitro groups is 1. The number of nitro benzene ring substituents is 1. The molecule has 0 bridgehead atoms. The Kier molecular flexibility index (Phi) is 7.09. The molecule has 2 aromatic carbocycles.